The lowest BCUT2D eigenvalue weighted by Crippen LogP contribution is -2.35. The van der Waals surface area contributed by atoms with Gasteiger partial charge in [-0.2, -0.15) is 5.10 Å². The van der Waals surface area contributed by atoms with E-state index in [4.69, 9.17) is 10.5 Å². The molecule has 94 valence electrons. The first-order valence-corrected chi connectivity index (χ1v) is 5.87. The molecule has 0 aromatic heterocycles. The predicted octanol–water partition coefficient (Wildman–Crippen LogP) is 0.977. The van der Waals surface area contributed by atoms with E-state index in [1.807, 2.05) is 18.2 Å². The summed E-state index contributed by atoms with van der Waals surface area (Å²) >= 11 is 4.65. The van der Waals surface area contributed by atoms with Gasteiger partial charge in [0.2, 0.25) is 0 Å². The Balaban J connectivity index is 2.18. The van der Waals surface area contributed by atoms with Gasteiger partial charge in [-0.05, 0) is 30.8 Å². The summed E-state index contributed by atoms with van der Waals surface area (Å²) in [6.45, 7) is 1.76. The minimum absolute atomic E-state index is 0.0805. The van der Waals surface area contributed by atoms with Gasteiger partial charge in [0.15, 0.2) is 5.11 Å². The van der Waals surface area contributed by atoms with Crippen molar-refractivity contribution in [3.63, 3.8) is 0 Å². The average Bonchev–Trinajstić information content (AvgIpc) is 2.36. The maximum absolute atomic E-state index is 11.8. The minimum Gasteiger partial charge on any atom is -0.452 e. The highest BCUT2D eigenvalue weighted by molar-refractivity contribution is 7.80. The van der Waals surface area contributed by atoms with E-state index in [9.17, 15) is 4.79 Å². The van der Waals surface area contributed by atoms with Gasteiger partial charge in [-0.25, -0.2) is 4.79 Å². The van der Waals surface area contributed by atoms with Gasteiger partial charge in [0.25, 0.3) is 0 Å². The van der Waals surface area contributed by atoms with Crippen molar-refractivity contribution in [1.29, 1.82) is 0 Å². The number of nitrogens with one attached hydrogen (secondary N) is 1. The van der Waals surface area contributed by atoms with Crippen molar-refractivity contribution in [2.24, 2.45) is 10.8 Å². The van der Waals surface area contributed by atoms with Crippen LogP contribution in [0.2, 0.25) is 0 Å². The summed E-state index contributed by atoms with van der Waals surface area (Å²) < 4.78 is 5.31. The fourth-order valence-corrected chi connectivity index (χ4v) is 1.83. The number of thiocarbonyl (C=S) groups is 1. The number of nitrogens with zero attached hydrogens (tertiary/aromatic N) is 1. The van der Waals surface area contributed by atoms with Crippen molar-refractivity contribution >= 4 is 29.0 Å². The minimum atomic E-state index is -0.380. The van der Waals surface area contributed by atoms with E-state index in [0.29, 0.717) is 17.7 Å². The lowest BCUT2D eigenvalue weighted by Gasteiger charge is -2.24. The molecule has 1 heterocycles. The second-order valence-corrected chi connectivity index (χ2v) is 4.42. The second-order valence-electron chi connectivity index (χ2n) is 3.98. The Labute approximate surface area is 110 Å². The van der Waals surface area contributed by atoms with Crippen LogP contribution in [0.25, 0.3) is 0 Å². The zero-order valence-corrected chi connectivity index (χ0v) is 10.7. The van der Waals surface area contributed by atoms with Crippen LogP contribution >= 0.6 is 12.2 Å². The van der Waals surface area contributed by atoms with Crippen LogP contribution in [0.15, 0.2) is 29.4 Å². The SMILES string of the molecule is C/C(=N/NC(N)=S)[C@H]1Cc2ccccc2C(=O)O1. The van der Waals surface area contributed by atoms with Crippen LogP contribution in [0.1, 0.15) is 22.8 Å². The number of carbonyl (C=O) groups is 1. The molecule has 0 aliphatic carbocycles. The van der Waals surface area contributed by atoms with Crippen molar-refractivity contribution in [3.8, 4) is 0 Å². The molecule has 0 fully saturated rings. The Morgan fingerprint density at radius 1 is 1.56 bits per heavy atom. The van der Waals surface area contributed by atoms with Crippen molar-refractivity contribution < 1.29 is 9.53 Å². The molecule has 2 rings (SSSR count). The molecule has 18 heavy (non-hydrogen) atoms. The molecule has 3 N–H and O–H groups in total. The van der Waals surface area contributed by atoms with Gasteiger partial charge in [-0.3, -0.25) is 5.43 Å². The molecule has 0 unspecified atom stereocenters. The first-order valence-electron chi connectivity index (χ1n) is 5.46. The molecule has 0 spiro atoms. The molecule has 1 aromatic rings. The predicted molar refractivity (Wildman–Crippen MR) is 72.4 cm³/mol. The van der Waals surface area contributed by atoms with Crippen molar-refractivity contribution in [3.05, 3.63) is 35.4 Å². The Bertz CT molecular complexity index is 528. The Morgan fingerprint density at radius 2 is 2.28 bits per heavy atom. The standard InChI is InChI=1S/C12H13N3O2S/c1-7(14-15-12(13)18)10-6-8-4-2-3-5-9(8)11(16)17-10/h2-5,10H,6H2,1H3,(H3,13,15,18)/b14-7-/t10-/m1/s1. The zero-order chi connectivity index (χ0) is 13.1. The molecule has 1 atom stereocenters. The topological polar surface area (TPSA) is 76.7 Å². The molecule has 0 saturated carbocycles. The number of carbonyl (C=O) groups excluding carboxylic acids is 1. The summed E-state index contributed by atoms with van der Waals surface area (Å²) in [6, 6.07) is 7.38. The summed E-state index contributed by atoms with van der Waals surface area (Å²) in [6.07, 6.45) is 0.227. The van der Waals surface area contributed by atoms with Crippen LogP contribution in [0.4, 0.5) is 0 Å². The van der Waals surface area contributed by atoms with Gasteiger partial charge in [-0.15, -0.1) is 0 Å². The van der Waals surface area contributed by atoms with Gasteiger partial charge in [0.1, 0.15) is 6.10 Å². The first-order chi connectivity index (χ1) is 8.58. The number of hydrogen-bond acceptors (Lipinski definition) is 4. The highest BCUT2D eigenvalue weighted by atomic mass is 32.1. The third-order valence-electron chi connectivity index (χ3n) is 2.70. The third kappa shape index (κ3) is 2.65. The van der Waals surface area contributed by atoms with E-state index in [-0.39, 0.29) is 17.2 Å². The fraction of sp³-hybridized carbons (Fsp3) is 0.250. The number of cyclic esters (lactones) is 1. The number of hydrazone groups is 1. The number of hydrogen-bond donors (Lipinski definition) is 2. The molecule has 6 heteroatoms. The monoisotopic (exact) mass is 263 g/mol. The molecular weight excluding hydrogens is 250 g/mol. The molecule has 0 saturated heterocycles. The second kappa shape index (κ2) is 5.14. The Kier molecular flexibility index (Phi) is 3.57. The lowest BCUT2D eigenvalue weighted by molar-refractivity contribution is 0.0389. The van der Waals surface area contributed by atoms with Crippen LogP contribution in [0, 0.1) is 0 Å². The van der Waals surface area contributed by atoms with E-state index in [1.165, 1.54) is 0 Å². The normalized spacial score (nSPS) is 18.8. The highest BCUT2D eigenvalue weighted by Gasteiger charge is 2.27. The summed E-state index contributed by atoms with van der Waals surface area (Å²) in [5.41, 5.74) is 9.97. The molecule has 0 radical (unpaired) electrons. The Morgan fingerprint density at radius 3 is 3.00 bits per heavy atom. The molecule has 0 bridgehead atoms. The molecule has 1 aliphatic rings. The van der Waals surface area contributed by atoms with Gasteiger partial charge in [0, 0.05) is 6.42 Å². The van der Waals surface area contributed by atoms with E-state index >= 15 is 0 Å². The summed E-state index contributed by atoms with van der Waals surface area (Å²) in [4.78, 5) is 11.8. The Hall–Kier alpha value is -1.95. The number of nitrogens with two attached hydrogens (primary N) is 1. The summed E-state index contributed by atoms with van der Waals surface area (Å²) in [5, 5.41) is 4.06. The average molecular weight is 263 g/mol. The van der Waals surface area contributed by atoms with Gasteiger partial charge >= 0.3 is 5.97 Å². The fourth-order valence-electron chi connectivity index (χ4n) is 1.78. The van der Waals surface area contributed by atoms with Crippen LogP contribution in [0.3, 0.4) is 0 Å². The van der Waals surface area contributed by atoms with Crippen LogP contribution in [-0.4, -0.2) is 22.9 Å². The van der Waals surface area contributed by atoms with E-state index in [2.05, 4.69) is 22.7 Å². The number of esters is 1. The molecule has 1 aromatic carbocycles. The van der Waals surface area contributed by atoms with E-state index < -0.39 is 0 Å². The van der Waals surface area contributed by atoms with Gasteiger partial charge in [-0.1, -0.05) is 18.2 Å². The van der Waals surface area contributed by atoms with Gasteiger partial charge in [0.05, 0.1) is 11.3 Å². The maximum atomic E-state index is 11.8. The van der Waals surface area contributed by atoms with Crippen molar-refractivity contribution in [2.75, 3.05) is 0 Å². The maximum Gasteiger partial charge on any atom is 0.339 e. The number of ether oxygens (including phenoxy) is 1. The van der Waals surface area contributed by atoms with E-state index in [0.717, 1.165) is 5.56 Å². The van der Waals surface area contributed by atoms with Crippen molar-refractivity contribution in [2.45, 2.75) is 19.4 Å². The van der Waals surface area contributed by atoms with Crippen LogP contribution < -0.4 is 11.2 Å². The quantitative estimate of drug-likeness (QED) is 0.360. The summed E-state index contributed by atoms with van der Waals surface area (Å²) in [5.74, 6) is -0.327. The van der Waals surface area contributed by atoms with Gasteiger partial charge < -0.3 is 10.5 Å². The largest absolute Gasteiger partial charge is 0.452 e. The highest BCUT2D eigenvalue weighted by Crippen LogP contribution is 2.21. The third-order valence-corrected chi connectivity index (χ3v) is 2.79. The molecular formula is C12H13N3O2S. The molecule has 0 amide bonds. The first kappa shape index (κ1) is 12.5. The zero-order valence-electron chi connectivity index (χ0n) is 9.84. The summed E-state index contributed by atoms with van der Waals surface area (Å²) in [7, 11) is 0. The van der Waals surface area contributed by atoms with Crippen LogP contribution in [-0.2, 0) is 11.2 Å². The number of rotatable bonds is 2. The van der Waals surface area contributed by atoms with Crippen LogP contribution in [0.5, 0.6) is 0 Å². The molecule has 5 nitrogen and oxygen atoms in total. The molecule has 1 aliphatic heterocycles. The smallest absolute Gasteiger partial charge is 0.339 e. The lowest BCUT2D eigenvalue weighted by atomic mass is 9.97. The van der Waals surface area contributed by atoms with Crippen molar-refractivity contribution in [1.82, 2.24) is 5.43 Å². The number of fused-ring (bicyclic) bond motifs is 1. The number of benzene rings is 1. The van der Waals surface area contributed by atoms with E-state index in [1.54, 1.807) is 13.0 Å².